The Hall–Kier alpha value is -2.00. The minimum atomic E-state index is -0.00763. The van der Waals surface area contributed by atoms with E-state index in [1.54, 1.807) is 11.8 Å². The third-order valence-corrected chi connectivity index (χ3v) is 6.33. The average Bonchev–Trinajstić information content (AvgIpc) is 3.22. The Labute approximate surface area is 133 Å². The van der Waals surface area contributed by atoms with Gasteiger partial charge in [-0.2, -0.15) is 0 Å². The molecule has 22 heavy (non-hydrogen) atoms. The van der Waals surface area contributed by atoms with Crippen LogP contribution in [0.15, 0.2) is 64.0 Å². The van der Waals surface area contributed by atoms with Gasteiger partial charge in [-0.15, -0.1) is 0 Å². The molecule has 1 heterocycles. The first-order valence-corrected chi connectivity index (χ1v) is 8.44. The molecule has 1 fully saturated rings. The summed E-state index contributed by atoms with van der Waals surface area (Å²) in [6.07, 6.45) is 2.19. The van der Waals surface area contributed by atoms with Crippen molar-refractivity contribution in [3.05, 3.63) is 70.3 Å². The Kier molecular flexibility index (Phi) is 2.31. The zero-order chi connectivity index (χ0) is 14.9. The highest BCUT2D eigenvalue weighted by Gasteiger charge is 2.58. The van der Waals surface area contributed by atoms with Crippen molar-refractivity contribution in [3.8, 4) is 0 Å². The summed E-state index contributed by atoms with van der Waals surface area (Å²) < 4.78 is 0. The molecule has 2 aliphatic carbocycles. The number of anilines is 1. The quantitative estimate of drug-likeness (QED) is 0.674. The number of allylic oxidation sites excluding steroid dienone is 1. The Balaban J connectivity index is 1.74. The number of nitrogens with zero attached hydrogens (tertiary/aromatic N) is 1. The lowest BCUT2D eigenvalue weighted by Crippen LogP contribution is -2.18. The van der Waals surface area contributed by atoms with Gasteiger partial charge >= 0.3 is 0 Å². The van der Waals surface area contributed by atoms with Gasteiger partial charge in [0, 0.05) is 28.5 Å². The van der Waals surface area contributed by atoms with E-state index >= 15 is 0 Å². The van der Waals surface area contributed by atoms with Crippen molar-refractivity contribution in [2.45, 2.75) is 23.2 Å². The molecule has 0 amide bonds. The number of ketones is 1. The molecule has 1 aliphatic heterocycles. The number of carbonyl (C=O) groups excluding carboxylic acids is 1. The predicted octanol–water partition coefficient (Wildman–Crippen LogP) is 4.37. The van der Waals surface area contributed by atoms with Gasteiger partial charge in [0.15, 0.2) is 5.78 Å². The molecule has 2 aromatic carbocycles. The Morgan fingerprint density at radius 2 is 1.77 bits per heavy atom. The number of Topliss-reactive ketones (excluding diaryl/α,β-unsaturated/α-hetero) is 1. The van der Waals surface area contributed by atoms with Gasteiger partial charge in [-0.1, -0.05) is 48.2 Å². The Morgan fingerprint density at radius 1 is 1.05 bits per heavy atom. The van der Waals surface area contributed by atoms with Crippen molar-refractivity contribution >= 4 is 23.2 Å². The zero-order valence-corrected chi connectivity index (χ0v) is 13.1. The largest absolute Gasteiger partial charge is 0.338 e. The summed E-state index contributed by atoms with van der Waals surface area (Å²) >= 11 is 1.74. The predicted molar refractivity (Wildman–Crippen MR) is 89.4 cm³/mol. The van der Waals surface area contributed by atoms with Gasteiger partial charge in [-0.3, -0.25) is 4.79 Å². The maximum atomic E-state index is 13.0. The molecule has 1 spiro atoms. The molecule has 0 N–H and O–H groups in total. The molecule has 3 heteroatoms. The number of hydrogen-bond acceptors (Lipinski definition) is 3. The summed E-state index contributed by atoms with van der Waals surface area (Å²) in [5.74, 6) is 0.232. The molecule has 0 radical (unpaired) electrons. The molecule has 108 valence electrons. The summed E-state index contributed by atoms with van der Waals surface area (Å²) in [5, 5.41) is 1.12. The second-order valence-electron chi connectivity index (χ2n) is 6.27. The highest BCUT2D eigenvalue weighted by molar-refractivity contribution is 8.03. The molecule has 3 aliphatic rings. The molecule has 1 saturated carbocycles. The van der Waals surface area contributed by atoms with E-state index in [0.717, 1.165) is 29.0 Å². The molecule has 2 nitrogen and oxygen atoms in total. The van der Waals surface area contributed by atoms with Crippen molar-refractivity contribution in [2.24, 2.45) is 0 Å². The van der Waals surface area contributed by atoms with Gasteiger partial charge in [0.1, 0.15) is 0 Å². The number of thioether (sulfide) groups is 1. The van der Waals surface area contributed by atoms with Crippen molar-refractivity contribution in [1.29, 1.82) is 0 Å². The SMILES string of the molecule is CN1C(=C2C(=O)c3ccccc3C23CC3)Sc2ccccc21. The lowest BCUT2D eigenvalue weighted by atomic mass is 9.95. The molecule has 2 aromatic rings. The first-order chi connectivity index (χ1) is 10.7. The number of para-hydroxylation sites is 1. The normalized spacial score (nSPS) is 23.9. The van der Waals surface area contributed by atoms with Crippen LogP contribution < -0.4 is 4.90 Å². The number of benzene rings is 2. The van der Waals surface area contributed by atoms with Gasteiger partial charge < -0.3 is 4.90 Å². The molecule has 0 saturated heterocycles. The Morgan fingerprint density at radius 3 is 2.55 bits per heavy atom. The van der Waals surface area contributed by atoms with E-state index in [1.807, 2.05) is 12.1 Å². The van der Waals surface area contributed by atoms with E-state index in [-0.39, 0.29) is 11.2 Å². The molecule has 5 rings (SSSR count). The van der Waals surface area contributed by atoms with Crippen molar-refractivity contribution in [3.63, 3.8) is 0 Å². The number of hydrogen-bond donors (Lipinski definition) is 0. The van der Waals surface area contributed by atoms with E-state index in [9.17, 15) is 4.79 Å². The summed E-state index contributed by atoms with van der Waals surface area (Å²) in [6, 6.07) is 16.5. The van der Waals surface area contributed by atoms with E-state index in [4.69, 9.17) is 0 Å². The van der Waals surface area contributed by atoms with Crippen molar-refractivity contribution in [2.75, 3.05) is 11.9 Å². The number of carbonyl (C=O) groups is 1. The summed E-state index contributed by atoms with van der Waals surface area (Å²) in [4.78, 5) is 16.5. The standard InChI is InChI=1S/C19H15NOS/c1-20-14-8-4-5-9-15(14)22-18(20)16-17(21)12-6-2-3-7-13(12)19(16)10-11-19/h2-9H,10-11H2,1H3. The molecular formula is C19H15NOS. The number of rotatable bonds is 0. The van der Waals surface area contributed by atoms with Gasteiger partial charge in [0.25, 0.3) is 0 Å². The second kappa shape index (κ2) is 4.05. The number of fused-ring (bicyclic) bond motifs is 3. The van der Waals surface area contributed by atoms with Crippen LogP contribution in [0, 0.1) is 0 Å². The summed E-state index contributed by atoms with van der Waals surface area (Å²) in [6.45, 7) is 0. The molecule has 0 bridgehead atoms. The van der Waals surface area contributed by atoms with E-state index in [0.29, 0.717) is 0 Å². The zero-order valence-electron chi connectivity index (χ0n) is 12.3. The first-order valence-electron chi connectivity index (χ1n) is 7.62. The van der Waals surface area contributed by atoms with Crippen LogP contribution in [0.2, 0.25) is 0 Å². The fraction of sp³-hybridized carbons (Fsp3) is 0.211. The highest BCUT2D eigenvalue weighted by Crippen LogP contribution is 2.63. The lowest BCUT2D eigenvalue weighted by molar-refractivity contribution is 0.103. The maximum absolute atomic E-state index is 13.0. The molecule has 0 atom stereocenters. The topological polar surface area (TPSA) is 20.3 Å². The smallest absolute Gasteiger partial charge is 0.192 e. The minimum Gasteiger partial charge on any atom is -0.338 e. The highest BCUT2D eigenvalue weighted by atomic mass is 32.2. The van der Waals surface area contributed by atoms with Crippen LogP contribution in [0.3, 0.4) is 0 Å². The van der Waals surface area contributed by atoms with Gasteiger partial charge in [0.05, 0.1) is 10.7 Å². The third-order valence-electron chi connectivity index (χ3n) is 5.09. The first kappa shape index (κ1) is 12.5. The van der Waals surface area contributed by atoms with Gasteiger partial charge in [0.2, 0.25) is 0 Å². The third kappa shape index (κ3) is 1.40. The van der Waals surface area contributed by atoms with Crippen LogP contribution >= 0.6 is 11.8 Å². The van der Waals surface area contributed by atoms with E-state index < -0.39 is 0 Å². The monoisotopic (exact) mass is 305 g/mol. The van der Waals surface area contributed by atoms with Crippen molar-refractivity contribution in [1.82, 2.24) is 0 Å². The van der Waals surface area contributed by atoms with Gasteiger partial charge in [-0.25, -0.2) is 0 Å². The lowest BCUT2D eigenvalue weighted by Gasteiger charge is -2.19. The molecule has 0 unspecified atom stereocenters. The van der Waals surface area contributed by atoms with E-state index in [2.05, 4.69) is 48.3 Å². The van der Waals surface area contributed by atoms with Crippen LogP contribution in [0.5, 0.6) is 0 Å². The molecular weight excluding hydrogens is 290 g/mol. The van der Waals surface area contributed by atoms with Crippen LogP contribution in [0.4, 0.5) is 5.69 Å². The van der Waals surface area contributed by atoms with Crippen LogP contribution in [-0.4, -0.2) is 12.8 Å². The average molecular weight is 305 g/mol. The Bertz CT molecular complexity index is 863. The van der Waals surface area contributed by atoms with Crippen LogP contribution in [-0.2, 0) is 5.41 Å². The van der Waals surface area contributed by atoms with Crippen molar-refractivity contribution < 1.29 is 4.79 Å². The summed E-state index contributed by atoms with van der Waals surface area (Å²) in [7, 11) is 2.08. The fourth-order valence-corrected chi connectivity index (χ4v) is 5.14. The fourth-order valence-electron chi connectivity index (χ4n) is 3.85. The maximum Gasteiger partial charge on any atom is 0.192 e. The van der Waals surface area contributed by atoms with E-state index in [1.165, 1.54) is 16.1 Å². The second-order valence-corrected chi connectivity index (χ2v) is 7.30. The van der Waals surface area contributed by atoms with Crippen LogP contribution in [0.25, 0.3) is 0 Å². The summed E-state index contributed by atoms with van der Waals surface area (Å²) in [5.41, 5.74) is 4.37. The van der Waals surface area contributed by atoms with Gasteiger partial charge in [-0.05, 0) is 30.5 Å². The minimum absolute atomic E-state index is 0.00763. The molecule has 0 aromatic heterocycles. The van der Waals surface area contributed by atoms with Crippen LogP contribution in [0.1, 0.15) is 28.8 Å².